The molecule has 2 aliphatic heterocycles. The number of hydrogen-bond acceptors (Lipinski definition) is 4. The van der Waals surface area contributed by atoms with Gasteiger partial charge in [-0.05, 0) is 75.8 Å². The molecule has 1 aromatic carbocycles. The van der Waals surface area contributed by atoms with Gasteiger partial charge in [0, 0.05) is 18.8 Å². The Morgan fingerprint density at radius 3 is 2.34 bits per heavy atom. The van der Waals surface area contributed by atoms with E-state index in [1.807, 2.05) is 6.07 Å². The van der Waals surface area contributed by atoms with Crippen LogP contribution < -0.4 is 10.2 Å². The molecule has 4 nitrogen and oxygen atoms in total. The van der Waals surface area contributed by atoms with Gasteiger partial charge >= 0.3 is 0 Å². The van der Waals surface area contributed by atoms with Crippen LogP contribution in [-0.4, -0.2) is 23.6 Å². The standard InChI is InChI=1S/C23H34N3OPS/c1-22(2,3)27-28(29)21-19(24-26(28)18-12-8-6-9-13-18)16-23(4,5)17-20(21)25-14-10-7-11-15-25/h6,8-9,12-13,16,24H,7,10-11,14-15,17H2,1-5H3/t28-/m1/s1. The van der Waals surface area contributed by atoms with Crippen LogP contribution >= 0.6 is 6.42 Å². The average molecular weight is 432 g/mol. The van der Waals surface area contributed by atoms with E-state index in [9.17, 15) is 0 Å². The Morgan fingerprint density at radius 1 is 1.07 bits per heavy atom. The molecule has 0 saturated carbocycles. The molecule has 4 rings (SSSR count). The summed E-state index contributed by atoms with van der Waals surface area (Å²) in [5, 5.41) is 1.24. The molecule has 1 N–H and O–H groups in total. The molecule has 1 aliphatic carbocycles. The molecule has 158 valence electrons. The summed E-state index contributed by atoms with van der Waals surface area (Å²) in [5.41, 5.74) is 7.07. The van der Waals surface area contributed by atoms with E-state index in [2.05, 4.69) is 80.1 Å². The summed E-state index contributed by atoms with van der Waals surface area (Å²) in [5.74, 6) is 0. The first-order chi connectivity index (χ1) is 13.6. The summed E-state index contributed by atoms with van der Waals surface area (Å²) in [7, 11) is 0. The Labute approximate surface area is 181 Å². The minimum Gasteiger partial charge on any atom is -0.374 e. The van der Waals surface area contributed by atoms with Gasteiger partial charge < -0.3 is 9.42 Å². The van der Waals surface area contributed by atoms with Crippen molar-refractivity contribution < 1.29 is 4.52 Å². The SMILES string of the molecule is CC1(C)C=C2NN(c3ccccc3)[P@@](=S)(OC(C)(C)C)C2=C(N2CCCCC2)C1. The van der Waals surface area contributed by atoms with Crippen LogP contribution in [0.4, 0.5) is 5.69 Å². The van der Waals surface area contributed by atoms with Gasteiger partial charge in [-0.25, -0.2) is 4.78 Å². The molecule has 2 heterocycles. The van der Waals surface area contributed by atoms with Crippen molar-refractivity contribution in [2.75, 3.05) is 17.9 Å². The van der Waals surface area contributed by atoms with Crippen molar-refractivity contribution in [3.63, 3.8) is 0 Å². The van der Waals surface area contributed by atoms with Crippen LogP contribution in [0.25, 0.3) is 0 Å². The molecule has 0 bridgehead atoms. The predicted molar refractivity (Wildman–Crippen MR) is 126 cm³/mol. The zero-order chi connectivity index (χ0) is 20.9. The maximum absolute atomic E-state index is 6.78. The predicted octanol–water partition coefficient (Wildman–Crippen LogP) is 6.15. The monoisotopic (exact) mass is 431 g/mol. The molecule has 0 aromatic heterocycles. The summed E-state index contributed by atoms with van der Waals surface area (Å²) >= 11 is 6.46. The number of nitrogens with one attached hydrogen (secondary N) is 1. The topological polar surface area (TPSA) is 27.7 Å². The number of hydrogen-bond donors (Lipinski definition) is 1. The van der Waals surface area contributed by atoms with Crippen LogP contribution in [-0.2, 0) is 16.3 Å². The Hall–Kier alpha value is -1.29. The van der Waals surface area contributed by atoms with Crippen molar-refractivity contribution in [3.05, 3.63) is 53.1 Å². The minimum absolute atomic E-state index is 0.0905. The molecular formula is C23H34N3OPS. The number of rotatable bonds is 3. The normalized spacial score (nSPS) is 26.9. The van der Waals surface area contributed by atoms with Crippen molar-refractivity contribution in [1.82, 2.24) is 10.3 Å². The lowest BCUT2D eigenvalue weighted by Crippen LogP contribution is -2.34. The van der Waals surface area contributed by atoms with Gasteiger partial charge in [0.1, 0.15) is 0 Å². The third kappa shape index (κ3) is 4.15. The first kappa shape index (κ1) is 21.0. The first-order valence-electron chi connectivity index (χ1n) is 10.7. The van der Waals surface area contributed by atoms with E-state index in [4.69, 9.17) is 16.3 Å². The summed E-state index contributed by atoms with van der Waals surface area (Å²) in [6, 6.07) is 10.4. The van der Waals surface area contributed by atoms with Crippen LogP contribution in [0.5, 0.6) is 0 Å². The fourth-order valence-electron chi connectivity index (χ4n) is 4.53. The number of hydrazine groups is 1. The van der Waals surface area contributed by atoms with Crippen LogP contribution in [0.15, 0.2) is 53.1 Å². The Bertz CT molecular complexity index is 879. The number of piperidine rings is 1. The molecule has 6 heteroatoms. The maximum Gasteiger partial charge on any atom is 0.208 e. The van der Waals surface area contributed by atoms with Crippen LogP contribution in [0.2, 0.25) is 0 Å². The maximum atomic E-state index is 6.78. The highest BCUT2D eigenvalue weighted by Crippen LogP contribution is 2.69. The average Bonchev–Trinajstić information content (AvgIpc) is 2.91. The van der Waals surface area contributed by atoms with E-state index in [0.29, 0.717) is 0 Å². The van der Waals surface area contributed by atoms with Gasteiger partial charge in [0.15, 0.2) is 0 Å². The van der Waals surface area contributed by atoms with E-state index in [-0.39, 0.29) is 11.0 Å². The van der Waals surface area contributed by atoms with E-state index in [1.54, 1.807) is 0 Å². The van der Waals surface area contributed by atoms with Crippen LogP contribution in [0.1, 0.15) is 60.3 Å². The van der Waals surface area contributed by atoms with Crippen LogP contribution in [0.3, 0.4) is 0 Å². The third-order valence-electron chi connectivity index (χ3n) is 5.59. The van der Waals surface area contributed by atoms with Crippen molar-refractivity contribution in [2.45, 2.75) is 65.9 Å². The molecule has 1 aromatic rings. The fraction of sp³-hybridized carbons (Fsp3) is 0.565. The lowest BCUT2D eigenvalue weighted by atomic mass is 9.82. The second kappa shape index (κ2) is 7.44. The number of benzene rings is 1. The van der Waals surface area contributed by atoms with Crippen molar-refractivity contribution in [2.24, 2.45) is 5.41 Å². The van der Waals surface area contributed by atoms with E-state index in [1.165, 1.54) is 30.3 Å². The minimum atomic E-state index is -2.51. The van der Waals surface area contributed by atoms with Crippen LogP contribution in [0, 0.1) is 5.41 Å². The number of para-hydroxylation sites is 1. The number of nitrogens with zero attached hydrogens (tertiary/aromatic N) is 2. The summed E-state index contributed by atoms with van der Waals surface area (Å²) < 4.78 is 8.93. The Balaban J connectivity index is 1.90. The van der Waals surface area contributed by atoms with Gasteiger partial charge in [-0.3, -0.25) is 5.43 Å². The zero-order valence-electron chi connectivity index (χ0n) is 18.4. The molecule has 0 radical (unpaired) electrons. The molecule has 2 saturated heterocycles. The van der Waals surface area contributed by atoms with E-state index in [0.717, 1.165) is 30.9 Å². The van der Waals surface area contributed by atoms with Crippen molar-refractivity contribution >= 4 is 23.9 Å². The molecule has 3 aliphatic rings. The second-order valence-electron chi connectivity index (χ2n) is 10.0. The van der Waals surface area contributed by atoms with Gasteiger partial charge in [0.2, 0.25) is 6.42 Å². The summed E-state index contributed by atoms with van der Waals surface area (Å²) in [6.07, 6.45) is 4.72. The smallest absolute Gasteiger partial charge is 0.208 e. The van der Waals surface area contributed by atoms with Gasteiger partial charge in [-0.2, -0.15) is 0 Å². The third-order valence-corrected chi connectivity index (χ3v) is 9.57. The zero-order valence-corrected chi connectivity index (χ0v) is 20.1. The summed E-state index contributed by atoms with van der Waals surface area (Å²) in [6.45, 7) is 13.2. The Kier molecular flexibility index (Phi) is 5.38. The lowest BCUT2D eigenvalue weighted by molar-refractivity contribution is 0.150. The lowest BCUT2D eigenvalue weighted by Gasteiger charge is -2.40. The van der Waals surface area contributed by atoms with E-state index >= 15 is 0 Å². The van der Waals surface area contributed by atoms with Crippen molar-refractivity contribution in [1.29, 1.82) is 0 Å². The Morgan fingerprint density at radius 2 is 1.72 bits per heavy atom. The first-order valence-corrected chi connectivity index (χ1v) is 13.4. The molecular weight excluding hydrogens is 397 g/mol. The number of likely N-dealkylation sites (tertiary alicyclic amines) is 1. The summed E-state index contributed by atoms with van der Waals surface area (Å²) in [4.78, 5) is 2.59. The molecule has 29 heavy (non-hydrogen) atoms. The highest BCUT2D eigenvalue weighted by Gasteiger charge is 2.48. The molecule has 0 unspecified atom stereocenters. The fourth-order valence-corrected chi connectivity index (χ4v) is 8.98. The number of allylic oxidation sites excluding steroid dienone is 3. The molecule has 1 atom stereocenters. The quantitative estimate of drug-likeness (QED) is 0.580. The van der Waals surface area contributed by atoms with Gasteiger partial charge in [-0.15, -0.1) is 0 Å². The largest absolute Gasteiger partial charge is 0.374 e. The number of fused-ring (bicyclic) bond motifs is 1. The number of anilines is 1. The van der Waals surface area contributed by atoms with Crippen molar-refractivity contribution in [3.8, 4) is 0 Å². The van der Waals surface area contributed by atoms with E-state index < -0.39 is 6.42 Å². The van der Waals surface area contributed by atoms with Gasteiger partial charge in [0.05, 0.1) is 22.3 Å². The van der Waals surface area contributed by atoms with Gasteiger partial charge in [-0.1, -0.05) is 38.1 Å². The highest BCUT2D eigenvalue weighted by molar-refractivity contribution is 8.15. The molecule has 2 fully saturated rings. The molecule has 0 spiro atoms. The highest BCUT2D eigenvalue weighted by atomic mass is 32.4. The van der Waals surface area contributed by atoms with Gasteiger partial charge in [0.25, 0.3) is 0 Å². The second-order valence-corrected chi connectivity index (χ2v) is 13.6. The molecule has 0 amide bonds.